The van der Waals surface area contributed by atoms with Gasteiger partial charge in [-0.1, -0.05) is 48.6 Å². The molecule has 0 atom stereocenters. The zero-order chi connectivity index (χ0) is 29.5. The second-order valence-electron chi connectivity index (χ2n) is 12.0. The lowest BCUT2D eigenvalue weighted by molar-refractivity contribution is 0.864. The molecule has 0 unspecified atom stereocenters. The van der Waals surface area contributed by atoms with E-state index in [1.807, 2.05) is 24.5 Å². The monoisotopic (exact) mass is 580 g/mol. The summed E-state index contributed by atoms with van der Waals surface area (Å²) in [6.07, 6.45) is 14.8. The Hall–Kier alpha value is -5.75. The van der Waals surface area contributed by atoms with E-state index in [1.165, 1.54) is 33.1 Å². The molecule has 1 aliphatic heterocycles. The average Bonchev–Trinajstić information content (AvgIpc) is 3.56. The van der Waals surface area contributed by atoms with Crippen molar-refractivity contribution in [2.75, 3.05) is 0 Å². The number of nitrogens with zero attached hydrogens (tertiary/aromatic N) is 6. The number of hydrogen-bond acceptors (Lipinski definition) is 3. The third kappa shape index (κ3) is 3.48. The van der Waals surface area contributed by atoms with Gasteiger partial charge in [0.05, 0.1) is 27.4 Å². The number of fused-ring (bicyclic) bond motifs is 14. The summed E-state index contributed by atoms with van der Waals surface area (Å²) in [6.45, 7) is 0. The molecule has 0 amide bonds. The van der Waals surface area contributed by atoms with Crippen molar-refractivity contribution >= 4 is 72.3 Å². The fraction of sp³-hybridized carbons (Fsp3) is 0.103. The van der Waals surface area contributed by atoms with Gasteiger partial charge < -0.3 is 4.57 Å². The van der Waals surface area contributed by atoms with Crippen LogP contribution in [0.5, 0.6) is 0 Å². The number of imidazole rings is 1. The molecule has 6 heteroatoms. The van der Waals surface area contributed by atoms with Crippen LogP contribution < -0.4 is 5.35 Å². The molecule has 0 bridgehead atoms. The number of allylic oxidation sites excluding steroid dienone is 4. The fourth-order valence-corrected chi connectivity index (χ4v) is 7.57. The molecule has 2 aliphatic rings. The van der Waals surface area contributed by atoms with Gasteiger partial charge in [-0.25, -0.2) is 15.0 Å². The highest BCUT2D eigenvalue weighted by Gasteiger charge is 2.20. The van der Waals surface area contributed by atoms with Crippen molar-refractivity contribution in [1.82, 2.24) is 28.5 Å². The Bertz CT molecular complexity index is 2660. The second kappa shape index (κ2) is 9.37. The van der Waals surface area contributed by atoms with E-state index < -0.39 is 0 Å². The van der Waals surface area contributed by atoms with E-state index in [0.717, 1.165) is 75.5 Å². The lowest BCUT2D eigenvalue weighted by Gasteiger charge is -2.18. The maximum Gasteiger partial charge on any atom is 0.163 e. The van der Waals surface area contributed by atoms with E-state index in [-0.39, 0.29) is 0 Å². The molecule has 10 rings (SSSR count). The van der Waals surface area contributed by atoms with Crippen LogP contribution in [-0.4, -0.2) is 28.5 Å². The third-order valence-corrected chi connectivity index (χ3v) is 9.51. The van der Waals surface area contributed by atoms with E-state index in [4.69, 9.17) is 15.0 Å². The Labute approximate surface area is 258 Å². The number of hydrogen-bond donors (Lipinski definition) is 0. The smallest absolute Gasteiger partial charge is 0.163 e. The maximum absolute atomic E-state index is 5.45. The second-order valence-corrected chi connectivity index (χ2v) is 12.0. The van der Waals surface area contributed by atoms with Gasteiger partial charge in [0.15, 0.2) is 5.65 Å². The van der Waals surface area contributed by atoms with Gasteiger partial charge in [0.2, 0.25) is 0 Å². The molecule has 5 aromatic heterocycles. The summed E-state index contributed by atoms with van der Waals surface area (Å²) in [7, 11) is 0. The van der Waals surface area contributed by atoms with Crippen molar-refractivity contribution in [1.29, 1.82) is 0 Å². The van der Waals surface area contributed by atoms with Crippen LogP contribution in [0.1, 0.15) is 25.7 Å². The summed E-state index contributed by atoms with van der Waals surface area (Å²) in [6, 6.07) is 32.3. The third-order valence-electron chi connectivity index (χ3n) is 9.51. The quantitative estimate of drug-likeness (QED) is 0.196. The largest absolute Gasteiger partial charge is 0.309 e. The molecule has 0 fully saturated rings. The van der Waals surface area contributed by atoms with Gasteiger partial charge in [0, 0.05) is 45.3 Å². The van der Waals surface area contributed by atoms with Crippen molar-refractivity contribution < 1.29 is 0 Å². The number of benzene rings is 3. The van der Waals surface area contributed by atoms with Crippen LogP contribution in [0.2, 0.25) is 0 Å². The summed E-state index contributed by atoms with van der Waals surface area (Å²) in [5, 5.41) is 5.65. The van der Waals surface area contributed by atoms with Crippen molar-refractivity contribution in [2.24, 2.45) is 0 Å². The van der Waals surface area contributed by atoms with E-state index in [1.54, 1.807) is 0 Å². The van der Waals surface area contributed by atoms with Crippen LogP contribution in [-0.2, 0) is 0 Å². The Kier molecular flexibility index (Phi) is 5.14. The van der Waals surface area contributed by atoms with Crippen molar-refractivity contribution in [3.8, 4) is 5.69 Å². The minimum absolute atomic E-state index is 0.868. The number of pyridine rings is 2. The van der Waals surface area contributed by atoms with Crippen LogP contribution in [0.25, 0.3) is 78.0 Å². The molecule has 0 N–H and O–H groups in total. The molecule has 6 heterocycles. The first kappa shape index (κ1) is 24.7. The summed E-state index contributed by atoms with van der Waals surface area (Å²) in [4.78, 5) is 15.5. The van der Waals surface area contributed by atoms with Gasteiger partial charge in [-0.05, 0) is 91.9 Å². The first-order valence-electron chi connectivity index (χ1n) is 15.7. The zero-order valence-electron chi connectivity index (χ0n) is 24.6. The minimum atomic E-state index is 0.868. The van der Waals surface area contributed by atoms with Crippen molar-refractivity contribution in [3.63, 3.8) is 0 Å². The van der Waals surface area contributed by atoms with E-state index in [9.17, 15) is 0 Å². The number of rotatable bonds is 1. The molecule has 0 spiro atoms. The highest BCUT2D eigenvalue weighted by atomic mass is 15.1. The standard InChI is InChI=1S/C39H28N6/c1-4-16-32-25(10-1)11-7-19-36-39-42-31-24-26(43-33-17-5-2-12-27(33)28-13-3-6-18-34(28)43)20-21-35(31)45(39)38-30(15-9-23-41-38)29-14-8-22-40-37(29)44(32)36/h2-6,8-9,12-24H,1,7,10-11H2. The van der Waals surface area contributed by atoms with Gasteiger partial charge in [-0.3, -0.25) is 8.97 Å². The Morgan fingerprint density at radius 2 is 1.27 bits per heavy atom. The molecule has 0 saturated carbocycles. The van der Waals surface area contributed by atoms with Gasteiger partial charge in [-0.2, -0.15) is 0 Å². The fourth-order valence-electron chi connectivity index (χ4n) is 7.57. The van der Waals surface area contributed by atoms with Crippen LogP contribution in [0, 0.1) is 0 Å². The SMILES string of the molecule is C1=CC2=C(CC1)CCC=c1c3nc4cc(-n5c6ccccc6c6ccccc65)ccc4n3c3ncccc3c3cccnc3n12. The molecule has 45 heavy (non-hydrogen) atoms. The van der Waals surface area contributed by atoms with Gasteiger partial charge in [0.25, 0.3) is 0 Å². The van der Waals surface area contributed by atoms with E-state index in [0.29, 0.717) is 0 Å². The molecule has 6 nitrogen and oxygen atoms in total. The van der Waals surface area contributed by atoms with Crippen LogP contribution >= 0.6 is 0 Å². The zero-order valence-corrected chi connectivity index (χ0v) is 24.6. The Morgan fingerprint density at radius 3 is 2.07 bits per heavy atom. The summed E-state index contributed by atoms with van der Waals surface area (Å²) in [5.74, 6) is 0. The molecule has 1 aliphatic carbocycles. The minimum Gasteiger partial charge on any atom is -0.309 e. The molecular formula is C39H28N6. The Balaban J connectivity index is 1.40. The predicted molar refractivity (Wildman–Crippen MR) is 184 cm³/mol. The van der Waals surface area contributed by atoms with E-state index in [2.05, 4.69) is 111 Å². The Morgan fingerprint density at radius 1 is 0.578 bits per heavy atom. The van der Waals surface area contributed by atoms with Crippen LogP contribution in [0.15, 0.2) is 121 Å². The lowest BCUT2D eigenvalue weighted by atomic mass is 9.98. The van der Waals surface area contributed by atoms with Gasteiger partial charge >= 0.3 is 0 Å². The highest BCUT2D eigenvalue weighted by molar-refractivity contribution is 6.09. The van der Waals surface area contributed by atoms with Crippen molar-refractivity contribution in [3.05, 3.63) is 126 Å². The topological polar surface area (TPSA) is 52.9 Å². The van der Waals surface area contributed by atoms with Gasteiger partial charge in [-0.15, -0.1) is 0 Å². The first-order valence-corrected chi connectivity index (χ1v) is 15.7. The average molecular weight is 581 g/mol. The summed E-state index contributed by atoms with van der Waals surface area (Å²) >= 11 is 0. The highest BCUT2D eigenvalue weighted by Crippen LogP contribution is 2.34. The van der Waals surface area contributed by atoms with Crippen LogP contribution in [0.3, 0.4) is 0 Å². The van der Waals surface area contributed by atoms with Crippen molar-refractivity contribution in [2.45, 2.75) is 25.7 Å². The molecule has 214 valence electrons. The van der Waals surface area contributed by atoms with Gasteiger partial charge in [0.1, 0.15) is 11.3 Å². The molecule has 0 radical (unpaired) electrons. The van der Waals surface area contributed by atoms with Crippen LogP contribution in [0.4, 0.5) is 0 Å². The lowest BCUT2D eigenvalue weighted by Crippen LogP contribution is -2.22. The molecular weight excluding hydrogens is 552 g/mol. The predicted octanol–water partition coefficient (Wildman–Crippen LogP) is 8.46. The molecule has 0 saturated heterocycles. The summed E-state index contributed by atoms with van der Waals surface area (Å²) < 4.78 is 6.97. The summed E-state index contributed by atoms with van der Waals surface area (Å²) in [5.41, 5.74) is 10.8. The number of aromatic nitrogens is 6. The first-order chi connectivity index (χ1) is 22.3. The van der Waals surface area contributed by atoms with E-state index >= 15 is 0 Å². The normalized spacial score (nSPS) is 14.8. The number of para-hydroxylation sites is 2. The maximum atomic E-state index is 5.45. The molecule has 3 aromatic carbocycles. The molecule has 8 aromatic rings.